The molecule has 3 nitrogen and oxygen atoms in total. The van der Waals surface area contributed by atoms with Crippen LogP contribution in [-0.2, 0) is 9.53 Å². The average Bonchev–Trinajstić information content (AvgIpc) is 3.55. The van der Waals surface area contributed by atoms with Crippen molar-refractivity contribution in [1.82, 2.24) is 0 Å². The maximum absolute atomic E-state index is 12.4. The quantitative estimate of drug-likeness (QED) is 0.563. The Kier molecular flexibility index (Phi) is 4.71. The van der Waals surface area contributed by atoms with Gasteiger partial charge in [-0.15, -0.1) is 0 Å². The summed E-state index contributed by atoms with van der Waals surface area (Å²) < 4.78 is 8.73. The van der Waals surface area contributed by atoms with E-state index in [1.165, 1.54) is 24.0 Å². The molecule has 0 saturated heterocycles. The lowest BCUT2D eigenvalue weighted by atomic mass is 10.0. The molecule has 3 atom stereocenters. The first-order valence-electron chi connectivity index (χ1n) is 9.01. The van der Waals surface area contributed by atoms with Crippen LogP contribution in [0.5, 0.6) is 0 Å². The van der Waals surface area contributed by atoms with Gasteiger partial charge in [-0.05, 0) is 55.0 Å². The molecular formula is C21H23NO2S. The van der Waals surface area contributed by atoms with Gasteiger partial charge in [0, 0.05) is 22.8 Å². The van der Waals surface area contributed by atoms with E-state index in [-0.39, 0.29) is 23.7 Å². The lowest BCUT2D eigenvalue weighted by molar-refractivity contribution is -0.144. The first-order valence-corrected chi connectivity index (χ1v) is 9.89. The average molecular weight is 353 g/mol. The fourth-order valence-corrected chi connectivity index (χ4v) is 4.27. The van der Waals surface area contributed by atoms with Gasteiger partial charge in [-0.1, -0.05) is 42.5 Å². The van der Waals surface area contributed by atoms with Gasteiger partial charge in [0.15, 0.2) is 0 Å². The van der Waals surface area contributed by atoms with Gasteiger partial charge in [-0.2, -0.15) is 0 Å². The van der Waals surface area contributed by atoms with Gasteiger partial charge < -0.3 is 9.46 Å². The zero-order chi connectivity index (χ0) is 17.2. The van der Waals surface area contributed by atoms with E-state index in [1.54, 1.807) is 0 Å². The molecule has 0 bridgehead atoms. The molecule has 4 rings (SSSR count). The second-order valence-electron chi connectivity index (χ2n) is 6.78. The molecule has 130 valence electrons. The molecule has 0 heterocycles. The van der Waals surface area contributed by atoms with E-state index in [1.807, 2.05) is 37.1 Å². The maximum Gasteiger partial charge on any atom is 0.310 e. The van der Waals surface area contributed by atoms with Gasteiger partial charge in [0.05, 0.1) is 12.5 Å². The topological polar surface area (TPSA) is 38.3 Å². The molecule has 2 fully saturated rings. The number of carbonyl (C=O) groups excluding carboxylic acids is 1. The molecule has 0 amide bonds. The standard InChI is InChI=1S/C21H23NO2S/c1-2-24-21(23)20-18(14-6-4-3-5-7-14)19(20)15-8-10-16(11-9-15)22-25-17-12-13-17/h3-11,17-20,22H,2,12-13H2,1H3. The minimum atomic E-state index is -0.0761. The van der Waals surface area contributed by atoms with Gasteiger partial charge >= 0.3 is 5.97 Å². The number of hydrogen-bond donors (Lipinski definition) is 1. The van der Waals surface area contributed by atoms with Crippen LogP contribution >= 0.6 is 11.9 Å². The molecule has 1 N–H and O–H groups in total. The van der Waals surface area contributed by atoms with Gasteiger partial charge in [-0.3, -0.25) is 4.79 Å². The van der Waals surface area contributed by atoms with Gasteiger partial charge in [0.2, 0.25) is 0 Å². The van der Waals surface area contributed by atoms with E-state index >= 15 is 0 Å². The smallest absolute Gasteiger partial charge is 0.310 e. The summed E-state index contributed by atoms with van der Waals surface area (Å²) in [7, 11) is 0. The highest BCUT2D eigenvalue weighted by Gasteiger charge is 2.56. The number of benzene rings is 2. The second kappa shape index (κ2) is 7.12. The second-order valence-corrected chi connectivity index (χ2v) is 7.89. The number of anilines is 1. The molecule has 3 unspecified atom stereocenters. The summed E-state index contributed by atoms with van der Waals surface area (Å²) in [5.41, 5.74) is 3.57. The van der Waals surface area contributed by atoms with Crippen molar-refractivity contribution in [1.29, 1.82) is 0 Å². The number of nitrogens with one attached hydrogen (secondary N) is 1. The minimum absolute atomic E-state index is 0.0676. The van der Waals surface area contributed by atoms with Crippen molar-refractivity contribution < 1.29 is 9.53 Å². The van der Waals surface area contributed by atoms with Crippen LogP contribution in [0.1, 0.15) is 42.7 Å². The van der Waals surface area contributed by atoms with E-state index in [9.17, 15) is 4.79 Å². The molecule has 2 aromatic carbocycles. The largest absolute Gasteiger partial charge is 0.466 e. The zero-order valence-corrected chi connectivity index (χ0v) is 15.2. The van der Waals surface area contributed by atoms with Crippen LogP contribution in [0.15, 0.2) is 54.6 Å². The van der Waals surface area contributed by atoms with Crippen molar-refractivity contribution >= 4 is 23.6 Å². The molecule has 2 saturated carbocycles. The van der Waals surface area contributed by atoms with Crippen LogP contribution in [0, 0.1) is 5.92 Å². The number of rotatable bonds is 7. The summed E-state index contributed by atoms with van der Waals surface area (Å²) in [4.78, 5) is 12.4. The fraction of sp³-hybridized carbons (Fsp3) is 0.381. The summed E-state index contributed by atoms with van der Waals surface area (Å²) in [6, 6.07) is 18.8. The Balaban J connectivity index is 1.50. The van der Waals surface area contributed by atoms with E-state index < -0.39 is 0 Å². The predicted octanol–water partition coefficient (Wildman–Crippen LogP) is 4.97. The van der Waals surface area contributed by atoms with Crippen molar-refractivity contribution in [2.24, 2.45) is 5.92 Å². The van der Waals surface area contributed by atoms with Crippen molar-refractivity contribution in [3.63, 3.8) is 0 Å². The van der Waals surface area contributed by atoms with Crippen LogP contribution < -0.4 is 4.72 Å². The predicted molar refractivity (Wildman–Crippen MR) is 103 cm³/mol. The van der Waals surface area contributed by atoms with Gasteiger partial charge in [0.1, 0.15) is 0 Å². The molecule has 2 aliphatic carbocycles. The highest BCUT2D eigenvalue weighted by atomic mass is 32.2. The normalized spacial score (nSPS) is 24.6. The highest BCUT2D eigenvalue weighted by molar-refractivity contribution is 8.01. The first kappa shape index (κ1) is 16.5. The molecule has 4 heteroatoms. The Morgan fingerprint density at radius 2 is 1.68 bits per heavy atom. The van der Waals surface area contributed by atoms with Gasteiger partial charge in [0.25, 0.3) is 0 Å². The van der Waals surface area contributed by atoms with Crippen LogP contribution in [0.25, 0.3) is 0 Å². The van der Waals surface area contributed by atoms with Crippen LogP contribution in [-0.4, -0.2) is 17.8 Å². The summed E-state index contributed by atoms with van der Waals surface area (Å²) in [5, 5.41) is 0.777. The Morgan fingerprint density at radius 1 is 1.04 bits per heavy atom. The first-order chi connectivity index (χ1) is 12.3. The Bertz CT molecular complexity index is 727. The van der Waals surface area contributed by atoms with Crippen molar-refractivity contribution in [2.45, 2.75) is 36.9 Å². The number of hydrogen-bond acceptors (Lipinski definition) is 4. The summed E-state index contributed by atoms with van der Waals surface area (Å²) in [6.07, 6.45) is 2.63. The molecule has 2 aliphatic rings. The summed E-state index contributed by atoms with van der Waals surface area (Å²) in [6.45, 7) is 2.30. The van der Waals surface area contributed by atoms with E-state index in [4.69, 9.17) is 4.74 Å². The third kappa shape index (κ3) is 3.69. The van der Waals surface area contributed by atoms with Gasteiger partial charge in [-0.25, -0.2) is 0 Å². The van der Waals surface area contributed by atoms with Crippen LogP contribution in [0.3, 0.4) is 0 Å². The molecule has 0 aromatic heterocycles. The van der Waals surface area contributed by atoms with Crippen LogP contribution in [0.4, 0.5) is 5.69 Å². The van der Waals surface area contributed by atoms with E-state index in [2.05, 4.69) is 41.1 Å². The molecule has 0 aliphatic heterocycles. The van der Waals surface area contributed by atoms with E-state index in [0.29, 0.717) is 6.61 Å². The number of ether oxygens (including phenoxy) is 1. The lowest BCUT2D eigenvalue weighted by Crippen LogP contribution is -2.08. The van der Waals surface area contributed by atoms with Crippen molar-refractivity contribution in [3.05, 3.63) is 65.7 Å². The number of esters is 1. The SMILES string of the molecule is CCOC(=O)C1C(c2ccccc2)C1c1ccc(NSC2CC2)cc1. The van der Waals surface area contributed by atoms with Crippen LogP contribution in [0.2, 0.25) is 0 Å². The molecule has 25 heavy (non-hydrogen) atoms. The maximum atomic E-state index is 12.4. The summed E-state index contributed by atoms with van der Waals surface area (Å²) in [5.74, 6) is 0.293. The fourth-order valence-electron chi connectivity index (χ4n) is 3.46. The highest BCUT2D eigenvalue weighted by Crippen LogP contribution is 2.61. The Morgan fingerprint density at radius 3 is 2.28 bits per heavy atom. The van der Waals surface area contributed by atoms with Crippen molar-refractivity contribution in [3.8, 4) is 0 Å². The zero-order valence-electron chi connectivity index (χ0n) is 14.4. The lowest BCUT2D eigenvalue weighted by Gasteiger charge is -2.06. The summed E-state index contributed by atoms with van der Waals surface area (Å²) >= 11 is 1.81. The third-order valence-electron chi connectivity index (χ3n) is 4.93. The third-order valence-corrected chi connectivity index (χ3v) is 6.08. The minimum Gasteiger partial charge on any atom is -0.466 e. The molecule has 0 radical (unpaired) electrons. The molecule has 2 aromatic rings. The Hall–Kier alpha value is -1.94. The molecular weight excluding hydrogens is 330 g/mol. The van der Waals surface area contributed by atoms with E-state index in [0.717, 1.165) is 10.9 Å². The van der Waals surface area contributed by atoms with Crippen molar-refractivity contribution in [2.75, 3.05) is 11.3 Å². The molecule has 0 spiro atoms. The Labute approximate surface area is 153 Å². The monoisotopic (exact) mass is 353 g/mol. The number of carbonyl (C=O) groups is 1.